The fourth-order valence-electron chi connectivity index (χ4n) is 2.88. The quantitative estimate of drug-likeness (QED) is 0.290. The molecule has 1 N–H and O–H groups in total. The van der Waals surface area contributed by atoms with Crippen molar-refractivity contribution in [3.05, 3.63) is 61.8 Å². The summed E-state index contributed by atoms with van der Waals surface area (Å²) >= 11 is 16.6. The second-order valence-electron chi connectivity index (χ2n) is 6.40. The van der Waals surface area contributed by atoms with Crippen molar-refractivity contribution in [1.82, 2.24) is 19.7 Å². The highest BCUT2D eigenvalue weighted by Gasteiger charge is 2.15. The predicted octanol–water partition coefficient (Wildman–Crippen LogP) is 6.11. The number of nitrogens with zero attached hydrogens (tertiary/aromatic N) is 4. The lowest BCUT2D eigenvalue weighted by atomic mass is 10.2. The molecule has 0 aliphatic carbocycles. The molecule has 0 bridgehead atoms. The zero-order valence-electron chi connectivity index (χ0n) is 16.3. The highest BCUT2D eigenvalue weighted by atomic mass is 35.5. The first kappa shape index (κ1) is 22.3. The van der Waals surface area contributed by atoms with Crippen molar-refractivity contribution in [1.29, 1.82) is 0 Å². The monoisotopic (exact) mass is 509 g/mol. The van der Waals surface area contributed by atoms with Gasteiger partial charge in [-0.2, -0.15) is 0 Å². The fourth-order valence-corrected chi connectivity index (χ4v) is 5.64. The molecular weight excluding hydrogens is 493 g/mol. The number of hydrogen-bond acceptors (Lipinski definition) is 7. The number of nitrogens with one attached hydrogen (secondary N) is 1. The maximum atomic E-state index is 12.4. The molecule has 0 radical (unpaired) electrons. The average Bonchev–Trinajstić information content (AvgIpc) is 3.48. The van der Waals surface area contributed by atoms with Crippen LogP contribution in [0, 0.1) is 0 Å². The lowest BCUT2D eigenvalue weighted by molar-refractivity contribution is -0.113. The van der Waals surface area contributed by atoms with Gasteiger partial charge in [0, 0.05) is 33.8 Å². The number of carbonyl (C=O) groups excluding carboxylic acids is 1. The predicted molar refractivity (Wildman–Crippen MR) is 130 cm³/mol. The van der Waals surface area contributed by atoms with Gasteiger partial charge in [-0.1, -0.05) is 41.0 Å². The zero-order chi connectivity index (χ0) is 21.8. The Morgan fingerprint density at radius 2 is 2.10 bits per heavy atom. The Morgan fingerprint density at radius 3 is 2.84 bits per heavy atom. The molecule has 6 nitrogen and oxygen atoms in total. The zero-order valence-corrected chi connectivity index (χ0v) is 20.3. The van der Waals surface area contributed by atoms with E-state index in [1.54, 1.807) is 23.5 Å². The molecule has 0 saturated heterocycles. The Morgan fingerprint density at radius 1 is 1.23 bits per heavy atom. The first-order valence-electron chi connectivity index (χ1n) is 9.31. The smallest absolute Gasteiger partial charge is 0.236 e. The third-order valence-electron chi connectivity index (χ3n) is 4.31. The number of benzene rings is 1. The minimum Gasteiger partial charge on any atom is -0.306 e. The molecular formula is C20H17Cl2N5OS3. The van der Waals surface area contributed by atoms with E-state index in [-0.39, 0.29) is 11.7 Å². The van der Waals surface area contributed by atoms with Crippen molar-refractivity contribution < 1.29 is 4.79 Å². The number of aromatic nitrogens is 4. The van der Waals surface area contributed by atoms with E-state index in [1.807, 2.05) is 34.4 Å². The van der Waals surface area contributed by atoms with Gasteiger partial charge in [0.25, 0.3) is 0 Å². The number of hydrogen-bond donors (Lipinski definition) is 1. The maximum absolute atomic E-state index is 12.4. The molecule has 0 aliphatic heterocycles. The van der Waals surface area contributed by atoms with Gasteiger partial charge in [0.15, 0.2) is 10.3 Å². The van der Waals surface area contributed by atoms with Gasteiger partial charge in [-0.3, -0.25) is 4.79 Å². The van der Waals surface area contributed by atoms with Crippen LogP contribution in [0.3, 0.4) is 0 Å². The van der Waals surface area contributed by atoms with Crippen LogP contribution in [0.25, 0.3) is 11.3 Å². The van der Waals surface area contributed by atoms with Crippen LogP contribution in [0.4, 0.5) is 5.13 Å². The number of carbonyl (C=O) groups is 1. The van der Waals surface area contributed by atoms with Crippen LogP contribution in [0.2, 0.25) is 10.0 Å². The molecule has 0 atom stereocenters. The van der Waals surface area contributed by atoms with Gasteiger partial charge in [-0.05, 0) is 36.6 Å². The van der Waals surface area contributed by atoms with Crippen molar-refractivity contribution in [2.45, 2.75) is 25.0 Å². The first-order valence-corrected chi connectivity index (χ1v) is 12.8. The highest BCUT2D eigenvalue weighted by Crippen LogP contribution is 2.32. The molecule has 1 aromatic carbocycles. The van der Waals surface area contributed by atoms with Gasteiger partial charge < -0.3 is 9.88 Å². The molecule has 3 heterocycles. The Hall–Kier alpha value is -1.91. The second kappa shape index (κ2) is 10.1. The number of thioether (sulfide) groups is 1. The third kappa shape index (κ3) is 5.48. The number of rotatable bonds is 8. The minimum atomic E-state index is -0.154. The van der Waals surface area contributed by atoms with Crippen LogP contribution >= 0.6 is 57.6 Å². The highest BCUT2D eigenvalue weighted by molar-refractivity contribution is 7.99. The van der Waals surface area contributed by atoms with Gasteiger partial charge in [0.05, 0.1) is 16.5 Å². The topological polar surface area (TPSA) is 72.7 Å². The Labute approximate surface area is 201 Å². The normalized spacial score (nSPS) is 11.1. The molecule has 0 spiro atoms. The molecule has 3 aromatic heterocycles. The van der Waals surface area contributed by atoms with E-state index in [0.717, 1.165) is 29.5 Å². The van der Waals surface area contributed by atoms with Gasteiger partial charge in [0.1, 0.15) is 5.82 Å². The van der Waals surface area contributed by atoms with E-state index in [9.17, 15) is 4.79 Å². The number of thiazole rings is 1. The molecule has 0 fully saturated rings. The van der Waals surface area contributed by atoms with E-state index in [1.165, 1.54) is 28.0 Å². The van der Waals surface area contributed by atoms with Crippen molar-refractivity contribution in [3.8, 4) is 11.3 Å². The van der Waals surface area contributed by atoms with E-state index in [0.29, 0.717) is 20.9 Å². The van der Waals surface area contributed by atoms with Gasteiger partial charge in [0.2, 0.25) is 5.91 Å². The van der Waals surface area contributed by atoms with Crippen LogP contribution in [-0.2, 0) is 17.8 Å². The summed E-state index contributed by atoms with van der Waals surface area (Å²) in [6.07, 6.45) is 0.737. The molecule has 160 valence electrons. The summed E-state index contributed by atoms with van der Waals surface area (Å²) in [5.41, 5.74) is 1.46. The SMILES string of the molecule is CCn1c(Cc2cccs2)nnc1SCC(=O)Nc1nc(-c2ccc(Cl)cc2Cl)cs1. The van der Waals surface area contributed by atoms with Crippen LogP contribution in [0.5, 0.6) is 0 Å². The summed E-state index contributed by atoms with van der Waals surface area (Å²) in [6, 6.07) is 9.35. The second-order valence-corrected chi connectivity index (χ2v) is 10.1. The molecule has 0 saturated carbocycles. The molecule has 1 amide bonds. The summed E-state index contributed by atoms with van der Waals surface area (Å²) < 4.78 is 2.04. The van der Waals surface area contributed by atoms with E-state index < -0.39 is 0 Å². The standard InChI is InChI=1S/C20H17Cl2N5OS3/c1-2-27-17(9-13-4-3-7-29-13)25-26-20(27)31-11-18(28)24-19-23-16(10-30-19)14-6-5-12(21)8-15(14)22/h3-8,10H,2,9,11H2,1H3,(H,23,24,28). The number of thiophene rings is 1. The first-order chi connectivity index (χ1) is 15.0. The number of halogens is 2. The summed E-state index contributed by atoms with van der Waals surface area (Å²) in [4.78, 5) is 18.1. The van der Waals surface area contributed by atoms with E-state index in [2.05, 4.69) is 26.6 Å². The molecule has 31 heavy (non-hydrogen) atoms. The Kier molecular flexibility index (Phi) is 7.29. The average molecular weight is 510 g/mol. The van der Waals surface area contributed by atoms with Crippen LogP contribution in [0.15, 0.2) is 46.2 Å². The summed E-state index contributed by atoms with van der Waals surface area (Å²) in [7, 11) is 0. The van der Waals surface area contributed by atoms with Gasteiger partial charge in [-0.15, -0.1) is 32.9 Å². The molecule has 11 heteroatoms. The van der Waals surface area contributed by atoms with E-state index in [4.69, 9.17) is 23.2 Å². The molecule has 4 rings (SSSR count). The summed E-state index contributed by atoms with van der Waals surface area (Å²) in [5, 5.41) is 17.6. The van der Waals surface area contributed by atoms with Gasteiger partial charge >= 0.3 is 0 Å². The largest absolute Gasteiger partial charge is 0.306 e. The van der Waals surface area contributed by atoms with Crippen LogP contribution < -0.4 is 5.32 Å². The lowest BCUT2D eigenvalue weighted by Crippen LogP contribution is -2.14. The van der Waals surface area contributed by atoms with Crippen molar-refractivity contribution >= 4 is 68.7 Å². The lowest BCUT2D eigenvalue weighted by Gasteiger charge is -2.06. The van der Waals surface area contributed by atoms with Crippen molar-refractivity contribution in [2.75, 3.05) is 11.1 Å². The molecule has 0 unspecified atom stereocenters. The summed E-state index contributed by atoms with van der Waals surface area (Å²) in [5.74, 6) is 0.962. The fraction of sp³-hybridized carbons (Fsp3) is 0.200. The maximum Gasteiger partial charge on any atom is 0.236 e. The number of anilines is 1. The van der Waals surface area contributed by atoms with Crippen molar-refractivity contribution in [2.24, 2.45) is 0 Å². The summed E-state index contributed by atoms with van der Waals surface area (Å²) in [6.45, 7) is 2.79. The van der Waals surface area contributed by atoms with Crippen LogP contribution in [0.1, 0.15) is 17.6 Å². The molecule has 4 aromatic rings. The Balaban J connectivity index is 1.37. The Bertz CT molecular complexity index is 1190. The van der Waals surface area contributed by atoms with Gasteiger partial charge in [-0.25, -0.2) is 4.98 Å². The van der Waals surface area contributed by atoms with Crippen LogP contribution in [-0.4, -0.2) is 31.4 Å². The molecule has 0 aliphatic rings. The number of amides is 1. The minimum absolute atomic E-state index is 0.154. The third-order valence-corrected chi connectivity index (χ3v) is 7.46. The van der Waals surface area contributed by atoms with E-state index >= 15 is 0 Å². The van der Waals surface area contributed by atoms with Crippen molar-refractivity contribution in [3.63, 3.8) is 0 Å².